The van der Waals surface area contributed by atoms with E-state index >= 15 is 0 Å². The van der Waals surface area contributed by atoms with Crippen LogP contribution in [0.1, 0.15) is 25.7 Å². The summed E-state index contributed by atoms with van der Waals surface area (Å²) in [6.07, 6.45) is 2.16. The van der Waals surface area contributed by atoms with Crippen LogP contribution in [0.2, 0.25) is 0 Å². The molecule has 0 aliphatic heterocycles. The van der Waals surface area contributed by atoms with Crippen molar-refractivity contribution in [1.82, 2.24) is 0 Å². The predicted octanol–water partition coefficient (Wildman–Crippen LogP) is 2.00. The van der Waals surface area contributed by atoms with E-state index in [-0.39, 0.29) is 23.2 Å². The van der Waals surface area contributed by atoms with Crippen molar-refractivity contribution >= 4 is 15.8 Å². The molecule has 2 saturated carbocycles. The summed E-state index contributed by atoms with van der Waals surface area (Å²) in [5, 5.41) is 9.34. The number of hydrogen-bond acceptors (Lipinski definition) is 3. The van der Waals surface area contributed by atoms with Gasteiger partial charge in [-0.05, 0) is 55.4 Å². The second kappa shape index (κ2) is 3.56. The molecule has 2 aliphatic carbocycles. The second-order valence-corrected chi connectivity index (χ2v) is 7.87. The summed E-state index contributed by atoms with van der Waals surface area (Å²) in [6, 6.07) is 4.34. The van der Waals surface area contributed by atoms with E-state index in [1.807, 2.05) is 0 Å². The highest BCUT2D eigenvalue weighted by Gasteiger charge is 2.70. The molecule has 2 fully saturated rings. The molecule has 0 aromatic heterocycles. The first kappa shape index (κ1) is 12.6. The zero-order valence-corrected chi connectivity index (χ0v) is 10.9. The smallest absolute Gasteiger partial charge is 0.325 e. The Kier molecular flexibility index (Phi) is 2.36. The molecule has 2 aliphatic rings. The van der Waals surface area contributed by atoms with E-state index in [1.54, 1.807) is 0 Å². The first-order valence-electron chi connectivity index (χ1n) is 6.05. The first-order chi connectivity index (χ1) is 8.81. The van der Waals surface area contributed by atoms with Gasteiger partial charge in [0.05, 0.1) is 4.90 Å². The van der Waals surface area contributed by atoms with E-state index < -0.39 is 26.4 Å². The van der Waals surface area contributed by atoms with Crippen molar-refractivity contribution in [2.45, 2.75) is 35.3 Å². The van der Waals surface area contributed by atoms with E-state index in [1.165, 1.54) is 0 Å². The van der Waals surface area contributed by atoms with Gasteiger partial charge in [-0.1, -0.05) is 0 Å². The quantitative estimate of drug-likeness (QED) is 0.862. The summed E-state index contributed by atoms with van der Waals surface area (Å²) < 4.78 is 36.1. The van der Waals surface area contributed by atoms with Crippen molar-refractivity contribution in [3.8, 4) is 0 Å². The molecule has 3 rings (SSSR count). The lowest BCUT2D eigenvalue weighted by Gasteiger charge is -2.44. The number of halogens is 1. The minimum Gasteiger partial charge on any atom is -0.480 e. The van der Waals surface area contributed by atoms with Crippen LogP contribution >= 0.6 is 0 Å². The number of carboxylic acid groups (broad SMARTS) is 1. The lowest BCUT2D eigenvalue weighted by Crippen LogP contribution is -2.57. The maximum absolute atomic E-state index is 12.8. The highest BCUT2D eigenvalue weighted by atomic mass is 32.2. The highest BCUT2D eigenvalue weighted by Crippen LogP contribution is 2.67. The Bertz CT molecular complexity index is 636. The molecule has 0 amide bonds. The fraction of sp³-hybridized carbons (Fsp3) is 0.462. The summed E-state index contributed by atoms with van der Waals surface area (Å²) in [6.45, 7) is 0. The Labute approximate surface area is 110 Å². The van der Waals surface area contributed by atoms with Crippen LogP contribution in [0, 0.1) is 11.2 Å². The molecule has 0 heterocycles. The van der Waals surface area contributed by atoms with Gasteiger partial charge in [-0.25, -0.2) is 12.8 Å². The molecule has 102 valence electrons. The van der Waals surface area contributed by atoms with Crippen molar-refractivity contribution in [3.63, 3.8) is 0 Å². The van der Waals surface area contributed by atoms with E-state index in [0.29, 0.717) is 0 Å². The summed E-state index contributed by atoms with van der Waals surface area (Å²) in [7, 11) is -3.98. The molecule has 6 heteroatoms. The molecule has 1 N–H and O–H groups in total. The largest absolute Gasteiger partial charge is 0.480 e. The first-order valence-corrected chi connectivity index (χ1v) is 7.53. The lowest BCUT2D eigenvalue weighted by atomic mass is 9.71. The molecule has 19 heavy (non-hydrogen) atoms. The number of hydrogen-bond donors (Lipinski definition) is 1. The van der Waals surface area contributed by atoms with Gasteiger partial charge >= 0.3 is 5.97 Å². The Hall–Kier alpha value is -1.43. The van der Waals surface area contributed by atoms with Crippen LogP contribution in [0.25, 0.3) is 0 Å². The Morgan fingerprint density at radius 2 is 1.68 bits per heavy atom. The van der Waals surface area contributed by atoms with E-state index in [0.717, 1.165) is 37.1 Å². The fourth-order valence-electron chi connectivity index (χ4n) is 2.99. The topological polar surface area (TPSA) is 71.4 Å². The minimum atomic E-state index is -3.98. The van der Waals surface area contributed by atoms with Crippen molar-refractivity contribution < 1.29 is 22.7 Å². The van der Waals surface area contributed by atoms with Gasteiger partial charge in [-0.2, -0.15) is 0 Å². The van der Waals surface area contributed by atoms with E-state index in [2.05, 4.69) is 0 Å². The normalized spacial score (nSPS) is 22.8. The number of carbonyl (C=O) groups is 1. The van der Waals surface area contributed by atoms with Gasteiger partial charge in [0.1, 0.15) is 5.82 Å². The van der Waals surface area contributed by atoms with Crippen LogP contribution in [-0.2, 0) is 14.6 Å². The van der Waals surface area contributed by atoms with Gasteiger partial charge in [0.15, 0.2) is 14.6 Å². The zero-order chi connectivity index (χ0) is 13.9. The Balaban J connectivity index is 2.03. The van der Waals surface area contributed by atoms with Crippen LogP contribution in [0.3, 0.4) is 0 Å². The van der Waals surface area contributed by atoms with Gasteiger partial charge in [0.2, 0.25) is 0 Å². The summed E-state index contributed by atoms with van der Waals surface area (Å²) in [5.74, 6) is -1.84. The Morgan fingerprint density at radius 3 is 2.11 bits per heavy atom. The summed E-state index contributed by atoms with van der Waals surface area (Å²) in [5.41, 5.74) is -0.0640. The second-order valence-electron chi connectivity index (χ2n) is 5.61. The molecular weight excluding hydrogens is 271 g/mol. The SMILES string of the molecule is O=C(O)C1(S(=O)(=O)c2ccc(F)cc2)CC2(CC2)C1. The lowest BCUT2D eigenvalue weighted by molar-refractivity contribution is -0.144. The van der Waals surface area contributed by atoms with Crippen molar-refractivity contribution in [2.75, 3.05) is 0 Å². The van der Waals surface area contributed by atoms with E-state index in [9.17, 15) is 22.7 Å². The Morgan fingerprint density at radius 1 is 1.16 bits per heavy atom. The molecule has 1 spiro atoms. The van der Waals surface area contributed by atoms with Crippen LogP contribution in [-0.4, -0.2) is 24.2 Å². The number of rotatable bonds is 3. The molecule has 1 aromatic carbocycles. The maximum Gasteiger partial charge on any atom is 0.325 e. The van der Waals surface area contributed by atoms with Crippen molar-refractivity contribution in [1.29, 1.82) is 0 Å². The maximum atomic E-state index is 12.8. The molecule has 0 radical (unpaired) electrons. The third-order valence-electron chi connectivity index (χ3n) is 4.31. The average molecular weight is 284 g/mol. The summed E-state index contributed by atoms with van der Waals surface area (Å²) >= 11 is 0. The third kappa shape index (κ3) is 1.62. The molecule has 0 bridgehead atoms. The highest BCUT2D eigenvalue weighted by molar-refractivity contribution is 7.93. The third-order valence-corrected chi connectivity index (χ3v) is 6.69. The zero-order valence-electron chi connectivity index (χ0n) is 10.1. The molecule has 0 saturated heterocycles. The van der Waals surface area contributed by atoms with Crippen molar-refractivity contribution in [2.24, 2.45) is 5.41 Å². The van der Waals surface area contributed by atoms with Gasteiger partial charge in [-0.3, -0.25) is 4.79 Å². The summed E-state index contributed by atoms with van der Waals surface area (Å²) in [4.78, 5) is 11.3. The standard InChI is InChI=1S/C13H13FO4S/c14-9-1-3-10(4-2-9)19(17,18)13(11(15)16)7-12(8-13)5-6-12/h1-4H,5-8H2,(H,15,16). The number of benzene rings is 1. The van der Waals surface area contributed by atoms with Crippen LogP contribution in [0.15, 0.2) is 29.2 Å². The average Bonchev–Trinajstić information content (AvgIpc) is 3.06. The van der Waals surface area contributed by atoms with Gasteiger partial charge in [0.25, 0.3) is 0 Å². The fourth-order valence-corrected chi connectivity index (χ4v) is 5.15. The number of aliphatic carboxylic acids is 1. The van der Waals surface area contributed by atoms with Gasteiger partial charge < -0.3 is 5.11 Å². The monoisotopic (exact) mass is 284 g/mol. The molecule has 0 atom stereocenters. The predicted molar refractivity (Wildman–Crippen MR) is 64.9 cm³/mol. The van der Waals surface area contributed by atoms with Crippen LogP contribution < -0.4 is 0 Å². The molecule has 1 aromatic rings. The van der Waals surface area contributed by atoms with Gasteiger partial charge in [0, 0.05) is 0 Å². The molecular formula is C13H13FO4S. The minimum absolute atomic E-state index is 0.0640. The molecule has 0 unspecified atom stereocenters. The van der Waals surface area contributed by atoms with Gasteiger partial charge in [-0.15, -0.1) is 0 Å². The van der Waals surface area contributed by atoms with E-state index in [4.69, 9.17) is 0 Å². The van der Waals surface area contributed by atoms with Crippen LogP contribution in [0.4, 0.5) is 4.39 Å². The van der Waals surface area contributed by atoms with Crippen LogP contribution in [0.5, 0.6) is 0 Å². The van der Waals surface area contributed by atoms with Crippen molar-refractivity contribution in [3.05, 3.63) is 30.1 Å². The number of sulfone groups is 1. The number of carboxylic acids is 1. The molecule has 4 nitrogen and oxygen atoms in total.